The second kappa shape index (κ2) is 6.35. The Morgan fingerprint density at radius 1 is 1.53 bits per heavy atom. The maximum atomic E-state index is 12.5. The van der Waals surface area contributed by atoms with E-state index in [1.165, 1.54) is 11.3 Å². The molecule has 1 atom stereocenters. The minimum Gasteiger partial charge on any atom is -0.316 e. The van der Waals surface area contributed by atoms with Gasteiger partial charge >= 0.3 is 0 Å². The van der Waals surface area contributed by atoms with Crippen LogP contribution in [0, 0.1) is 5.92 Å². The van der Waals surface area contributed by atoms with Crippen molar-refractivity contribution < 1.29 is 8.42 Å². The molecular weight excluding hydrogens is 280 g/mol. The van der Waals surface area contributed by atoms with Gasteiger partial charge in [-0.1, -0.05) is 13.3 Å². The van der Waals surface area contributed by atoms with Gasteiger partial charge in [0, 0.05) is 19.6 Å². The predicted molar refractivity (Wildman–Crippen MR) is 78.9 cm³/mol. The molecule has 0 spiro atoms. The lowest BCUT2D eigenvalue weighted by atomic mass is 10.0. The predicted octanol–water partition coefficient (Wildman–Crippen LogP) is 2.28. The van der Waals surface area contributed by atoms with Gasteiger partial charge in [0.1, 0.15) is 4.21 Å². The summed E-state index contributed by atoms with van der Waals surface area (Å²) in [7, 11) is -1.40. The highest BCUT2D eigenvalue weighted by Gasteiger charge is 2.32. The Bertz CT molecular complexity index is 510. The van der Waals surface area contributed by atoms with E-state index in [0.717, 1.165) is 24.8 Å². The van der Waals surface area contributed by atoms with Crippen molar-refractivity contribution in [3.05, 3.63) is 17.0 Å². The normalized spacial score (nSPS) is 21.1. The third kappa shape index (κ3) is 3.37. The Kier molecular flexibility index (Phi) is 5.00. The molecule has 1 aliphatic heterocycles. The van der Waals surface area contributed by atoms with E-state index in [-0.39, 0.29) is 0 Å². The van der Waals surface area contributed by atoms with Gasteiger partial charge in [-0.2, -0.15) is 4.31 Å². The summed E-state index contributed by atoms with van der Waals surface area (Å²) in [5.74, 6) is 0.538. The summed E-state index contributed by atoms with van der Waals surface area (Å²) < 4.78 is 27.2. The number of nitrogens with zero attached hydrogens (tertiary/aromatic N) is 1. The number of nitrogens with one attached hydrogen (secondary N) is 1. The summed E-state index contributed by atoms with van der Waals surface area (Å²) >= 11 is 1.33. The van der Waals surface area contributed by atoms with E-state index < -0.39 is 10.0 Å². The second-order valence-electron chi connectivity index (χ2n) is 5.11. The first-order chi connectivity index (χ1) is 9.07. The fraction of sp³-hybridized carbons (Fsp3) is 0.692. The molecule has 0 radical (unpaired) electrons. The Morgan fingerprint density at radius 3 is 3.00 bits per heavy atom. The van der Waals surface area contributed by atoms with E-state index in [9.17, 15) is 8.42 Å². The van der Waals surface area contributed by atoms with Crippen LogP contribution in [0.15, 0.2) is 15.7 Å². The highest BCUT2D eigenvalue weighted by atomic mass is 32.2. The maximum Gasteiger partial charge on any atom is 0.252 e. The zero-order valence-electron chi connectivity index (χ0n) is 11.6. The Labute approximate surface area is 119 Å². The molecule has 1 aromatic heterocycles. The number of thiophene rings is 1. The number of hydrogen-bond donors (Lipinski definition) is 1. The van der Waals surface area contributed by atoms with Gasteiger partial charge in [0.15, 0.2) is 0 Å². The monoisotopic (exact) mass is 302 g/mol. The summed E-state index contributed by atoms with van der Waals surface area (Å²) in [6, 6.07) is 1.80. The van der Waals surface area contributed by atoms with E-state index in [4.69, 9.17) is 0 Å². The third-order valence-corrected chi connectivity index (χ3v) is 6.88. The molecule has 0 aliphatic carbocycles. The lowest BCUT2D eigenvalue weighted by Crippen LogP contribution is -2.28. The van der Waals surface area contributed by atoms with Crippen molar-refractivity contribution in [3.63, 3.8) is 0 Å². The average molecular weight is 302 g/mol. The van der Waals surface area contributed by atoms with Crippen molar-refractivity contribution in [2.75, 3.05) is 20.1 Å². The largest absolute Gasteiger partial charge is 0.316 e. The SMILES string of the molecule is CCCC1CCN(S(=O)(=O)c2cc(CNC)cs2)C1. The Hall–Kier alpha value is -0.430. The summed E-state index contributed by atoms with van der Waals surface area (Å²) in [4.78, 5) is 0. The topological polar surface area (TPSA) is 49.4 Å². The van der Waals surface area contributed by atoms with Crippen LogP contribution >= 0.6 is 11.3 Å². The third-order valence-electron chi connectivity index (χ3n) is 3.55. The first-order valence-corrected chi connectivity index (χ1v) is 9.12. The van der Waals surface area contributed by atoms with E-state index in [1.54, 1.807) is 10.4 Å². The van der Waals surface area contributed by atoms with Crippen LogP contribution < -0.4 is 5.32 Å². The van der Waals surface area contributed by atoms with Crippen molar-refractivity contribution in [2.45, 2.75) is 36.9 Å². The minimum absolute atomic E-state index is 0.481. The zero-order valence-corrected chi connectivity index (χ0v) is 13.2. The van der Waals surface area contributed by atoms with Crippen molar-refractivity contribution >= 4 is 21.4 Å². The zero-order chi connectivity index (χ0) is 13.9. The van der Waals surface area contributed by atoms with Crippen LogP contribution in [0.25, 0.3) is 0 Å². The van der Waals surface area contributed by atoms with Gasteiger partial charge in [0.2, 0.25) is 0 Å². The van der Waals surface area contributed by atoms with Crippen LogP contribution in [0.2, 0.25) is 0 Å². The fourth-order valence-electron chi connectivity index (χ4n) is 2.57. The van der Waals surface area contributed by atoms with Crippen LogP contribution in [0.4, 0.5) is 0 Å². The van der Waals surface area contributed by atoms with Gasteiger partial charge in [0.05, 0.1) is 0 Å². The van der Waals surface area contributed by atoms with Crippen LogP contribution in [-0.2, 0) is 16.6 Å². The minimum atomic E-state index is -3.26. The molecule has 1 aliphatic rings. The van der Waals surface area contributed by atoms with Crippen LogP contribution in [0.5, 0.6) is 0 Å². The smallest absolute Gasteiger partial charge is 0.252 e. The highest BCUT2D eigenvalue weighted by Crippen LogP contribution is 2.29. The van der Waals surface area contributed by atoms with Gasteiger partial charge in [-0.3, -0.25) is 0 Å². The highest BCUT2D eigenvalue weighted by molar-refractivity contribution is 7.91. The summed E-state index contributed by atoms with van der Waals surface area (Å²) in [6.45, 7) is 4.23. The van der Waals surface area contributed by atoms with E-state index in [2.05, 4.69) is 12.2 Å². The second-order valence-corrected chi connectivity index (χ2v) is 8.19. The molecule has 1 unspecified atom stereocenters. The molecule has 6 heteroatoms. The number of hydrogen-bond acceptors (Lipinski definition) is 4. The molecule has 1 aromatic rings. The molecule has 2 heterocycles. The van der Waals surface area contributed by atoms with Gasteiger partial charge < -0.3 is 5.32 Å². The number of rotatable bonds is 6. The van der Waals surface area contributed by atoms with Crippen molar-refractivity contribution in [3.8, 4) is 0 Å². The molecule has 19 heavy (non-hydrogen) atoms. The lowest BCUT2D eigenvalue weighted by Gasteiger charge is -2.15. The first-order valence-electron chi connectivity index (χ1n) is 6.80. The molecule has 1 fully saturated rings. The van der Waals surface area contributed by atoms with Crippen LogP contribution in [0.3, 0.4) is 0 Å². The molecule has 0 saturated carbocycles. The van der Waals surface area contributed by atoms with Gasteiger partial charge in [-0.15, -0.1) is 11.3 Å². The molecule has 1 N–H and O–H groups in total. The Morgan fingerprint density at radius 2 is 2.32 bits per heavy atom. The van der Waals surface area contributed by atoms with E-state index in [0.29, 0.717) is 29.8 Å². The van der Waals surface area contributed by atoms with Gasteiger partial charge in [0.25, 0.3) is 10.0 Å². The van der Waals surface area contributed by atoms with Crippen LogP contribution in [-0.4, -0.2) is 32.9 Å². The molecule has 4 nitrogen and oxygen atoms in total. The summed E-state index contributed by atoms with van der Waals surface area (Å²) in [5.41, 5.74) is 1.04. The molecule has 0 bridgehead atoms. The Balaban J connectivity index is 2.09. The lowest BCUT2D eigenvalue weighted by molar-refractivity contribution is 0.446. The molecule has 108 valence electrons. The van der Waals surface area contributed by atoms with Crippen molar-refractivity contribution in [2.24, 2.45) is 5.92 Å². The average Bonchev–Trinajstić information content (AvgIpc) is 2.99. The standard InChI is InChI=1S/C13H22N2O2S2/c1-3-4-11-5-6-15(9-11)19(16,17)13-7-12(8-14-2)10-18-13/h7,10-11,14H,3-6,8-9H2,1-2H3. The van der Waals surface area contributed by atoms with Gasteiger partial charge in [-0.25, -0.2) is 8.42 Å². The summed E-state index contributed by atoms with van der Waals surface area (Å²) in [6.07, 6.45) is 3.26. The van der Waals surface area contributed by atoms with E-state index >= 15 is 0 Å². The summed E-state index contributed by atoms with van der Waals surface area (Å²) in [5, 5.41) is 4.96. The first kappa shape index (κ1) is 15.0. The molecule has 2 rings (SSSR count). The molecule has 0 aromatic carbocycles. The maximum absolute atomic E-state index is 12.5. The van der Waals surface area contributed by atoms with Crippen molar-refractivity contribution in [1.29, 1.82) is 0 Å². The van der Waals surface area contributed by atoms with E-state index in [1.807, 2.05) is 12.4 Å². The molecular formula is C13H22N2O2S2. The quantitative estimate of drug-likeness (QED) is 0.877. The molecule has 0 amide bonds. The van der Waals surface area contributed by atoms with Crippen molar-refractivity contribution in [1.82, 2.24) is 9.62 Å². The molecule has 1 saturated heterocycles. The fourth-order valence-corrected chi connectivity index (χ4v) is 5.46. The number of sulfonamides is 1. The van der Waals surface area contributed by atoms with Gasteiger partial charge in [-0.05, 0) is 42.8 Å². The van der Waals surface area contributed by atoms with Crippen LogP contribution in [0.1, 0.15) is 31.7 Å².